The fourth-order valence-corrected chi connectivity index (χ4v) is 1.11. The van der Waals surface area contributed by atoms with E-state index >= 15 is 0 Å². The van der Waals surface area contributed by atoms with Crippen LogP contribution in [0.4, 0.5) is 0 Å². The molecule has 0 aromatic rings. The van der Waals surface area contributed by atoms with Crippen LogP contribution in [0.25, 0.3) is 0 Å². The number of ether oxygens (including phenoxy) is 3. The van der Waals surface area contributed by atoms with E-state index in [1.165, 1.54) is 6.42 Å². The monoisotopic (exact) mass is 342 g/mol. The lowest BCUT2D eigenvalue weighted by atomic mass is 9.92. The van der Waals surface area contributed by atoms with Crippen molar-refractivity contribution in [3.05, 3.63) is 38.0 Å². The summed E-state index contributed by atoms with van der Waals surface area (Å²) in [6.45, 7) is 12.4. The topological polar surface area (TPSA) is 99.1 Å². The minimum atomic E-state index is -1.28. The van der Waals surface area contributed by atoms with E-state index in [1.807, 2.05) is 0 Å². The Hall–Kier alpha value is -2.41. The molecule has 0 aromatic heterocycles. The summed E-state index contributed by atoms with van der Waals surface area (Å²) < 4.78 is 14.5. The van der Waals surface area contributed by atoms with E-state index in [1.54, 1.807) is 0 Å². The zero-order chi connectivity index (χ0) is 19.0. The maximum Gasteiger partial charge on any atom is 0.330 e. The molecule has 1 N–H and O–H groups in total. The summed E-state index contributed by atoms with van der Waals surface area (Å²) in [6, 6.07) is 0. The Labute approximate surface area is 142 Å². The number of hydrogen-bond donors (Lipinski definition) is 1. The van der Waals surface area contributed by atoms with E-state index in [9.17, 15) is 19.5 Å². The van der Waals surface area contributed by atoms with Gasteiger partial charge in [0.1, 0.15) is 19.8 Å². The van der Waals surface area contributed by atoms with Crippen LogP contribution in [0.1, 0.15) is 20.3 Å². The van der Waals surface area contributed by atoms with E-state index < -0.39 is 29.9 Å². The lowest BCUT2D eigenvalue weighted by molar-refractivity contribution is -0.159. The van der Waals surface area contributed by atoms with E-state index in [0.29, 0.717) is 0 Å². The first kappa shape index (κ1) is 23.9. The minimum absolute atomic E-state index is 0.330. The highest BCUT2D eigenvalue weighted by Crippen LogP contribution is 2.19. The van der Waals surface area contributed by atoms with Gasteiger partial charge in [-0.3, -0.25) is 0 Å². The quantitative estimate of drug-likeness (QED) is 0.365. The van der Waals surface area contributed by atoms with Gasteiger partial charge in [-0.15, -0.1) is 0 Å². The number of aliphatic hydroxyl groups is 1. The lowest BCUT2D eigenvalue weighted by Crippen LogP contribution is -2.42. The highest BCUT2D eigenvalue weighted by molar-refractivity contribution is 5.82. The highest BCUT2D eigenvalue weighted by atomic mass is 16.6. The van der Waals surface area contributed by atoms with Gasteiger partial charge in [-0.05, 0) is 0 Å². The van der Waals surface area contributed by atoms with E-state index in [2.05, 4.69) is 33.6 Å². The van der Waals surface area contributed by atoms with Crippen molar-refractivity contribution < 1.29 is 33.7 Å². The molecule has 0 unspecified atom stereocenters. The van der Waals surface area contributed by atoms with Crippen LogP contribution >= 0.6 is 0 Å². The second-order valence-electron chi connectivity index (χ2n) is 4.80. The van der Waals surface area contributed by atoms with E-state index in [4.69, 9.17) is 14.2 Å². The molecular formula is C17H26O7. The molecule has 136 valence electrons. The van der Waals surface area contributed by atoms with E-state index in [0.717, 1.165) is 18.2 Å². The molecule has 0 radical (unpaired) electrons. The highest BCUT2D eigenvalue weighted by Gasteiger charge is 2.35. The first-order valence-corrected chi connectivity index (χ1v) is 7.33. The van der Waals surface area contributed by atoms with Crippen molar-refractivity contribution in [2.24, 2.45) is 5.41 Å². The summed E-state index contributed by atoms with van der Waals surface area (Å²) in [4.78, 5) is 33.3. The molecule has 0 bridgehead atoms. The van der Waals surface area contributed by atoms with Crippen molar-refractivity contribution in [2.75, 3.05) is 26.4 Å². The maximum absolute atomic E-state index is 11.1. The second-order valence-corrected chi connectivity index (χ2v) is 4.80. The third-order valence-corrected chi connectivity index (χ3v) is 2.40. The van der Waals surface area contributed by atoms with Crippen LogP contribution in [0.5, 0.6) is 0 Å². The number of hydrogen-bond acceptors (Lipinski definition) is 7. The van der Waals surface area contributed by atoms with Gasteiger partial charge in [0.15, 0.2) is 0 Å². The number of aliphatic hydroxyl groups excluding tert-OH is 1. The van der Waals surface area contributed by atoms with Crippen LogP contribution in [0.2, 0.25) is 0 Å². The van der Waals surface area contributed by atoms with Crippen molar-refractivity contribution in [1.82, 2.24) is 0 Å². The van der Waals surface area contributed by atoms with Crippen LogP contribution in [0.15, 0.2) is 38.0 Å². The Morgan fingerprint density at radius 2 is 1.08 bits per heavy atom. The molecule has 0 aliphatic heterocycles. The fourth-order valence-electron chi connectivity index (χ4n) is 1.11. The van der Waals surface area contributed by atoms with Gasteiger partial charge in [0, 0.05) is 18.2 Å². The average molecular weight is 342 g/mol. The van der Waals surface area contributed by atoms with Crippen molar-refractivity contribution in [2.45, 2.75) is 20.3 Å². The van der Waals surface area contributed by atoms with Crippen molar-refractivity contribution >= 4 is 17.9 Å². The van der Waals surface area contributed by atoms with Gasteiger partial charge < -0.3 is 19.3 Å². The van der Waals surface area contributed by atoms with E-state index in [-0.39, 0.29) is 19.8 Å². The van der Waals surface area contributed by atoms with Gasteiger partial charge in [-0.25, -0.2) is 14.4 Å². The van der Waals surface area contributed by atoms with Crippen LogP contribution < -0.4 is 0 Å². The van der Waals surface area contributed by atoms with Gasteiger partial charge in [0.05, 0.1) is 12.0 Å². The van der Waals surface area contributed by atoms with Crippen LogP contribution in [-0.2, 0) is 28.6 Å². The van der Waals surface area contributed by atoms with Crippen LogP contribution in [-0.4, -0.2) is 49.4 Å². The Kier molecular flexibility index (Phi) is 14.1. The summed E-state index contributed by atoms with van der Waals surface area (Å²) in [7, 11) is 0. The molecule has 0 saturated carbocycles. The number of rotatable bonds is 10. The molecule has 0 amide bonds. The molecule has 0 rings (SSSR count). The molecule has 24 heavy (non-hydrogen) atoms. The Bertz CT molecular complexity index is 380. The molecule has 0 aliphatic carbocycles. The van der Waals surface area contributed by atoms with Crippen LogP contribution in [0.3, 0.4) is 0 Å². The minimum Gasteiger partial charge on any atom is -0.462 e. The first-order chi connectivity index (χ1) is 11.3. The summed E-state index contributed by atoms with van der Waals surface area (Å²) in [5.41, 5.74) is -1.28. The Morgan fingerprint density at radius 1 is 0.833 bits per heavy atom. The summed E-state index contributed by atoms with van der Waals surface area (Å²) >= 11 is 0. The molecule has 0 aromatic carbocycles. The molecule has 0 atom stereocenters. The number of carbonyl (C=O) groups is 3. The molecule has 7 nitrogen and oxygen atoms in total. The Morgan fingerprint density at radius 3 is 1.25 bits per heavy atom. The number of carbonyl (C=O) groups excluding carboxylic acids is 3. The van der Waals surface area contributed by atoms with Gasteiger partial charge >= 0.3 is 17.9 Å². The van der Waals surface area contributed by atoms with Gasteiger partial charge in [0.2, 0.25) is 0 Å². The third kappa shape index (κ3) is 11.2. The molecule has 0 aliphatic rings. The molecule has 7 heteroatoms. The normalized spacial score (nSPS) is 9.62. The summed E-state index contributed by atoms with van der Waals surface area (Å²) in [6.07, 6.45) is 4.06. The fraction of sp³-hybridized carbons (Fsp3) is 0.471. The SMILES string of the molecule is C=CC(=O)OCC(CO)(COC(=O)C=C)COC(=O)C=C.CCC. The molecule has 0 fully saturated rings. The predicted octanol–water partition coefficient (Wildman–Crippen LogP) is 1.57. The lowest BCUT2D eigenvalue weighted by Gasteiger charge is -2.29. The Balaban J connectivity index is 0. The van der Waals surface area contributed by atoms with Crippen LogP contribution in [0, 0.1) is 5.41 Å². The number of esters is 3. The zero-order valence-corrected chi connectivity index (χ0v) is 14.3. The van der Waals surface area contributed by atoms with Gasteiger partial charge in [-0.1, -0.05) is 40.0 Å². The first-order valence-electron chi connectivity index (χ1n) is 7.33. The third-order valence-electron chi connectivity index (χ3n) is 2.40. The molecule has 0 heterocycles. The van der Waals surface area contributed by atoms with Crippen molar-refractivity contribution in [3.63, 3.8) is 0 Å². The van der Waals surface area contributed by atoms with Crippen molar-refractivity contribution in [1.29, 1.82) is 0 Å². The standard InChI is InChI=1S/C14H18O7.C3H8/c1-4-11(16)19-8-14(7-15,9-20-12(17)5-2)10-21-13(18)6-3;1-3-2/h4-6,15H,1-3,7-10H2;3H2,1-2H3. The van der Waals surface area contributed by atoms with Gasteiger partial charge in [-0.2, -0.15) is 0 Å². The average Bonchev–Trinajstić information content (AvgIpc) is 2.61. The summed E-state index contributed by atoms with van der Waals surface area (Å²) in [5.74, 6) is -2.17. The molecule has 0 saturated heterocycles. The van der Waals surface area contributed by atoms with Gasteiger partial charge in [0.25, 0.3) is 0 Å². The smallest absolute Gasteiger partial charge is 0.330 e. The maximum atomic E-state index is 11.1. The predicted molar refractivity (Wildman–Crippen MR) is 89.0 cm³/mol. The summed E-state index contributed by atoms with van der Waals surface area (Å²) in [5, 5.41) is 9.48. The second kappa shape index (κ2) is 14.2. The van der Waals surface area contributed by atoms with Crippen molar-refractivity contribution in [3.8, 4) is 0 Å². The molecule has 0 spiro atoms. The largest absolute Gasteiger partial charge is 0.462 e. The molecular weight excluding hydrogens is 316 g/mol. The zero-order valence-electron chi connectivity index (χ0n) is 14.3.